The molecule has 0 radical (unpaired) electrons. The molecule has 8 heteroatoms. The van der Waals surface area contributed by atoms with Gasteiger partial charge in [0.05, 0.1) is 11.3 Å². The molecule has 0 unspecified atom stereocenters. The van der Waals surface area contributed by atoms with Crippen LogP contribution in [0.2, 0.25) is 0 Å². The largest absolute Gasteiger partial charge is 0.339 e. The fourth-order valence-corrected chi connectivity index (χ4v) is 3.55. The molecule has 0 atom stereocenters. The van der Waals surface area contributed by atoms with Crippen molar-refractivity contribution in [3.8, 4) is 0 Å². The highest BCUT2D eigenvalue weighted by Gasteiger charge is 2.28. The van der Waals surface area contributed by atoms with Gasteiger partial charge < -0.3 is 14.7 Å². The molecule has 2 saturated heterocycles. The second-order valence-corrected chi connectivity index (χ2v) is 6.76. The molecule has 0 aliphatic carbocycles. The number of carbonyl (C=O) groups is 2. The normalized spacial score (nSPS) is 17.9. The number of hydrogen-bond acceptors (Lipinski definition) is 4. The van der Waals surface area contributed by atoms with Gasteiger partial charge in [0.2, 0.25) is 5.91 Å². The lowest BCUT2D eigenvalue weighted by Crippen LogP contribution is -2.54. The number of hydrogen-bond donors (Lipinski definition) is 0. The summed E-state index contributed by atoms with van der Waals surface area (Å²) in [6.07, 6.45) is 3.30. The van der Waals surface area contributed by atoms with Crippen LogP contribution in [0.4, 0.5) is 10.5 Å². The van der Waals surface area contributed by atoms with Crippen LogP contribution in [0.5, 0.6) is 0 Å². The van der Waals surface area contributed by atoms with E-state index in [-0.39, 0.29) is 24.0 Å². The maximum atomic E-state index is 12.5. The van der Waals surface area contributed by atoms with Gasteiger partial charge in [0.1, 0.15) is 0 Å². The Labute approximate surface area is 152 Å². The fourth-order valence-electron chi connectivity index (χ4n) is 3.55. The Morgan fingerprint density at radius 3 is 2.12 bits per heavy atom. The molecule has 3 rings (SSSR count). The summed E-state index contributed by atoms with van der Waals surface area (Å²) in [5, 5.41) is 11.1. The van der Waals surface area contributed by atoms with Crippen molar-refractivity contribution in [2.24, 2.45) is 0 Å². The van der Waals surface area contributed by atoms with Crippen LogP contribution in [0, 0.1) is 10.1 Å². The summed E-state index contributed by atoms with van der Waals surface area (Å²) in [6.45, 7) is 3.60. The lowest BCUT2D eigenvalue weighted by atomic mass is 10.1. The molecule has 2 heterocycles. The van der Waals surface area contributed by atoms with E-state index < -0.39 is 4.92 Å². The van der Waals surface area contributed by atoms with E-state index in [9.17, 15) is 19.7 Å². The van der Waals surface area contributed by atoms with Gasteiger partial charge in [-0.1, -0.05) is 18.2 Å². The van der Waals surface area contributed by atoms with E-state index >= 15 is 0 Å². The summed E-state index contributed by atoms with van der Waals surface area (Å²) in [6, 6.07) is 6.39. The van der Waals surface area contributed by atoms with E-state index in [2.05, 4.69) is 0 Å². The first-order valence-electron chi connectivity index (χ1n) is 9.10. The lowest BCUT2D eigenvalue weighted by Gasteiger charge is -2.38. The van der Waals surface area contributed by atoms with Crippen molar-refractivity contribution in [2.75, 3.05) is 39.3 Å². The highest BCUT2D eigenvalue weighted by atomic mass is 16.6. The Bertz CT molecular complexity index is 680. The molecule has 8 nitrogen and oxygen atoms in total. The number of piperidine rings is 1. The van der Waals surface area contributed by atoms with Crippen molar-refractivity contribution in [1.82, 2.24) is 14.7 Å². The number of amides is 3. The molecule has 0 bridgehead atoms. The molecule has 26 heavy (non-hydrogen) atoms. The van der Waals surface area contributed by atoms with E-state index in [4.69, 9.17) is 0 Å². The number of likely N-dealkylation sites (tertiary alicyclic amines) is 1. The number of benzene rings is 1. The average Bonchev–Trinajstić information content (AvgIpc) is 2.68. The van der Waals surface area contributed by atoms with Crippen LogP contribution in [0.15, 0.2) is 24.3 Å². The van der Waals surface area contributed by atoms with Crippen molar-refractivity contribution in [1.29, 1.82) is 0 Å². The van der Waals surface area contributed by atoms with Crippen LogP contribution < -0.4 is 0 Å². The molecule has 2 fully saturated rings. The quantitative estimate of drug-likeness (QED) is 0.608. The summed E-state index contributed by atoms with van der Waals surface area (Å²) >= 11 is 0. The topological polar surface area (TPSA) is 87.0 Å². The van der Waals surface area contributed by atoms with Crippen LogP contribution in [-0.4, -0.2) is 70.8 Å². The lowest BCUT2D eigenvalue weighted by molar-refractivity contribution is -0.385. The predicted octanol–water partition coefficient (Wildman–Crippen LogP) is 1.89. The SMILES string of the molecule is O=C(Cc1ccccc1[N+](=O)[O-])N1CCN(C(=O)N2CCCCC2)CC1. The van der Waals surface area contributed by atoms with Crippen molar-refractivity contribution in [3.63, 3.8) is 0 Å². The molecule has 0 N–H and O–H groups in total. The van der Waals surface area contributed by atoms with Gasteiger partial charge >= 0.3 is 6.03 Å². The fraction of sp³-hybridized carbons (Fsp3) is 0.556. The minimum absolute atomic E-state index is 0.0111. The minimum atomic E-state index is -0.460. The zero-order valence-electron chi connectivity index (χ0n) is 14.8. The van der Waals surface area contributed by atoms with E-state index in [1.54, 1.807) is 28.0 Å². The van der Waals surface area contributed by atoms with Gasteiger partial charge in [-0.15, -0.1) is 0 Å². The summed E-state index contributed by atoms with van der Waals surface area (Å²) in [7, 11) is 0. The summed E-state index contributed by atoms with van der Waals surface area (Å²) in [5.41, 5.74) is 0.397. The molecular formula is C18H24N4O4. The number of piperazine rings is 1. The molecule has 140 valence electrons. The minimum Gasteiger partial charge on any atom is -0.339 e. The summed E-state index contributed by atoms with van der Waals surface area (Å²) in [4.78, 5) is 41.0. The highest BCUT2D eigenvalue weighted by molar-refractivity contribution is 5.80. The zero-order valence-corrected chi connectivity index (χ0v) is 14.8. The van der Waals surface area contributed by atoms with Gasteiger partial charge in [0, 0.05) is 50.9 Å². The monoisotopic (exact) mass is 360 g/mol. The molecule has 0 saturated carbocycles. The van der Waals surface area contributed by atoms with Crippen molar-refractivity contribution in [3.05, 3.63) is 39.9 Å². The molecule has 0 spiro atoms. The van der Waals surface area contributed by atoms with Crippen LogP contribution >= 0.6 is 0 Å². The van der Waals surface area contributed by atoms with E-state index in [0.717, 1.165) is 25.9 Å². The molecule has 2 aliphatic rings. The van der Waals surface area contributed by atoms with Gasteiger partial charge in [-0.3, -0.25) is 14.9 Å². The van der Waals surface area contributed by atoms with Crippen LogP contribution in [0.25, 0.3) is 0 Å². The first-order valence-corrected chi connectivity index (χ1v) is 9.10. The zero-order chi connectivity index (χ0) is 18.5. The summed E-state index contributed by atoms with van der Waals surface area (Å²) in [5.74, 6) is -0.135. The average molecular weight is 360 g/mol. The van der Waals surface area contributed by atoms with E-state index in [1.165, 1.54) is 12.5 Å². The standard InChI is InChI=1S/C18H24N4O4/c23-17(14-15-6-2-3-7-16(15)22(25)26)19-10-12-21(13-11-19)18(24)20-8-4-1-5-9-20/h2-3,6-7H,1,4-5,8-14H2. The van der Waals surface area contributed by atoms with Crippen LogP contribution in [0.3, 0.4) is 0 Å². The number of urea groups is 1. The first kappa shape index (κ1) is 18.2. The van der Waals surface area contributed by atoms with E-state index in [1.807, 2.05) is 4.90 Å². The van der Waals surface area contributed by atoms with Gasteiger partial charge in [-0.25, -0.2) is 4.79 Å². The Kier molecular flexibility index (Phi) is 5.70. The second-order valence-electron chi connectivity index (χ2n) is 6.76. The second kappa shape index (κ2) is 8.16. The van der Waals surface area contributed by atoms with Crippen molar-refractivity contribution < 1.29 is 14.5 Å². The number of nitro benzene ring substituents is 1. The third-order valence-corrected chi connectivity index (χ3v) is 5.06. The van der Waals surface area contributed by atoms with Crippen LogP contribution in [0.1, 0.15) is 24.8 Å². The van der Waals surface area contributed by atoms with Crippen LogP contribution in [-0.2, 0) is 11.2 Å². The van der Waals surface area contributed by atoms with Gasteiger partial charge in [0.15, 0.2) is 0 Å². The van der Waals surface area contributed by atoms with Gasteiger partial charge in [-0.2, -0.15) is 0 Å². The number of nitro groups is 1. The Morgan fingerprint density at radius 1 is 0.885 bits per heavy atom. The molecule has 2 aliphatic heterocycles. The number of rotatable bonds is 3. The molecule has 1 aromatic carbocycles. The van der Waals surface area contributed by atoms with E-state index in [0.29, 0.717) is 31.7 Å². The smallest absolute Gasteiger partial charge is 0.320 e. The maximum absolute atomic E-state index is 12.5. The summed E-state index contributed by atoms with van der Waals surface area (Å²) < 4.78 is 0. The Balaban J connectivity index is 1.54. The maximum Gasteiger partial charge on any atom is 0.320 e. The predicted molar refractivity (Wildman–Crippen MR) is 95.8 cm³/mol. The third kappa shape index (κ3) is 4.12. The highest BCUT2D eigenvalue weighted by Crippen LogP contribution is 2.19. The number of nitrogens with zero attached hydrogens (tertiary/aromatic N) is 4. The van der Waals surface area contributed by atoms with Crippen molar-refractivity contribution >= 4 is 17.6 Å². The van der Waals surface area contributed by atoms with Gasteiger partial charge in [-0.05, 0) is 19.3 Å². The molecule has 3 amide bonds. The third-order valence-electron chi connectivity index (χ3n) is 5.06. The van der Waals surface area contributed by atoms with Gasteiger partial charge in [0.25, 0.3) is 5.69 Å². The first-order chi connectivity index (χ1) is 12.6. The Hall–Kier alpha value is -2.64. The molecule has 1 aromatic rings. The Morgan fingerprint density at radius 2 is 1.46 bits per heavy atom. The molecular weight excluding hydrogens is 336 g/mol. The molecule has 0 aromatic heterocycles. The number of carbonyl (C=O) groups excluding carboxylic acids is 2. The van der Waals surface area contributed by atoms with Crippen molar-refractivity contribution in [2.45, 2.75) is 25.7 Å². The number of para-hydroxylation sites is 1.